The molecule has 2 atom stereocenters. The van der Waals surface area contributed by atoms with Crippen LogP contribution in [0.1, 0.15) is 31.2 Å². The number of sulfonamides is 1. The van der Waals surface area contributed by atoms with Gasteiger partial charge in [0, 0.05) is 33.8 Å². The zero-order valence-electron chi connectivity index (χ0n) is 13.6. The number of ether oxygens (including phenoxy) is 1. The van der Waals surface area contributed by atoms with Crippen LogP contribution >= 0.6 is 0 Å². The molecule has 0 saturated heterocycles. The van der Waals surface area contributed by atoms with Crippen LogP contribution in [0.25, 0.3) is 0 Å². The van der Waals surface area contributed by atoms with Crippen molar-refractivity contribution < 1.29 is 13.2 Å². The Morgan fingerprint density at radius 3 is 2.41 bits per heavy atom. The minimum Gasteiger partial charge on any atom is -0.380 e. The SMILES string of the molecule is COC1CCCCC1NCc1ccc(S(=O)(=O)N(C)C)cc1. The van der Waals surface area contributed by atoms with E-state index in [4.69, 9.17) is 4.74 Å². The Balaban J connectivity index is 1.97. The van der Waals surface area contributed by atoms with E-state index in [2.05, 4.69) is 5.32 Å². The van der Waals surface area contributed by atoms with E-state index in [-0.39, 0.29) is 6.10 Å². The quantitative estimate of drug-likeness (QED) is 0.868. The van der Waals surface area contributed by atoms with Crippen LogP contribution in [0.3, 0.4) is 0 Å². The molecule has 2 rings (SSSR count). The van der Waals surface area contributed by atoms with Gasteiger partial charge in [0.15, 0.2) is 0 Å². The maximum atomic E-state index is 12.0. The zero-order chi connectivity index (χ0) is 16.2. The molecule has 1 saturated carbocycles. The molecule has 5 nitrogen and oxygen atoms in total. The molecule has 1 fully saturated rings. The minimum absolute atomic E-state index is 0.280. The van der Waals surface area contributed by atoms with Crippen molar-refractivity contribution >= 4 is 10.0 Å². The van der Waals surface area contributed by atoms with Gasteiger partial charge in [-0.1, -0.05) is 25.0 Å². The van der Waals surface area contributed by atoms with Crippen molar-refractivity contribution in [3.8, 4) is 0 Å². The maximum Gasteiger partial charge on any atom is 0.242 e. The molecule has 0 radical (unpaired) electrons. The number of nitrogens with one attached hydrogen (secondary N) is 1. The third-order valence-corrected chi connectivity index (χ3v) is 6.10. The van der Waals surface area contributed by atoms with Crippen LogP contribution in [0, 0.1) is 0 Å². The molecule has 1 aliphatic rings. The van der Waals surface area contributed by atoms with Crippen LogP contribution < -0.4 is 5.32 Å². The Morgan fingerprint density at radius 1 is 1.18 bits per heavy atom. The van der Waals surface area contributed by atoms with Crippen LogP contribution in [0.15, 0.2) is 29.2 Å². The number of rotatable bonds is 6. The van der Waals surface area contributed by atoms with Crippen molar-refractivity contribution in [1.29, 1.82) is 0 Å². The smallest absolute Gasteiger partial charge is 0.242 e. The van der Waals surface area contributed by atoms with E-state index in [1.54, 1.807) is 33.3 Å². The molecule has 0 bridgehead atoms. The molecule has 0 aliphatic heterocycles. The number of hydrogen-bond donors (Lipinski definition) is 1. The molecular weight excluding hydrogens is 300 g/mol. The van der Waals surface area contributed by atoms with Crippen molar-refractivity contribution in [2.45, 2.75) is 49.3 Å². The first kappa shape index (κ1) is 17.4. The lowest BCUT2D eigenvalue weighted by atomic mass is 9.92. The van der Waals surface area contributed by atoms with Gasteiger partial charge < -0.3 is 10.1 Å². The molecule has 124 valence electrons. The number of hydrogen-bond acceptors (Lipinski definition) is 4. The summed E-state index contributed by atoms with van der Waals surface area (Å²) in [6.45, 7) is 0.729. The van der Waals surface area contributed by atoms with E-state index in [1.807, 2.05) is 12.1 Å². The number of nitrogens with zero attached hydrogens (tertiary/aromatic N) is 1. The molecule has 1 N–H and O–H groups in total. The topological polar surface area (TPSA) is 58.6 Å². The third-order valence-electron chi connectivity index (χ3n) is 4.28. The molecule has 22 heavy (non-hydrogen) atoms. The maximum absolute atomic E-state index is 12.0. The second kappa shape index (κ2) is 7.55. The summed E-state index contributed by atoms with van der Waals surface area (Å²) in [6.07, 6.45) is 4.98. The summed E-state index contributed by atoms with van der Waals surface area (Å²) in [4.78, 5) is 0.327. The fraction of sp³-hybridized carbons (Fsp3) is 0.625. The van der Waals surface area contributed by atoms with Gasteiger partial charge in [-0.2, -0.15) is 0 Å². The Kier molecular flexibility index (Phi) is 5.97. The molecule has 1 aliphatic carbocycles. The lowest BCUT2D eigenvalue weighted by Gasteiger charge is -2.31. The first-order chi connectivity index (χ1) is 10.4. The number of methoxy groups -OCH3 is 1. The highest BCUT2D eigenvalue weighted by molar-refractivity contribution is 7.89. The summed E-state index contributed by atoms with van der Waals surface area (Å²) in [6, 6.07) is 7.45. The van der Waals surface area contributed by atoms with E-state index >= 15 is 0 Å². The highest BCUT2D eigenvalue weighted by Crippen LogP contribution is 2.21. The largest absolute Gasteiger partial charge is 0.380 e. The molecule has 1 aromatic rings. The normalized spacial score (nSPS) is 22.9. The highest BCUT2D eigenvalue weighted by atomic mass is 32.2. The fourth-order valence-electron chi connectivity index (χ4n) is 2.85. The van der Waals surface area contributed by atoms with Gasteiger partial charge in [-0.25, -0.2) is 12.7 Å². The minimum atomic E-state index is -3.35. The predicted molar refractivity (Wildman–Crippen MR) is 87.2 cm³/mol. The van der Waals surface area contributed by atoms with Crippen molar-refractivity contribution in [3.05, 3.63) is 29.8 Å². The van der Waals surface area contributed by atoms with Crippen LogP contribution in [0.5, 0.6) is 0 Å². The van der Waals surface area contributed by atoms with Crippen molar-refractivity contribution in [2.24, 2.45) is 0 Å². The summed E-state index contributed by atoms with van der Waals surface area (Å²) >= 11 is 0. The fourth-order valence-corrected chi connectivity index (χ4v) is 3.75. The number of benzene rings is 1. The second-order valence-corrected chi connectivity index (χ2v) is 8.13. The second-order valence-electron chi connectivity index (χ2n) is 5.98. The van der Waals surface area contributed by atoms with E-state index < -0.39 is 10.0 Å². The molecule has 2 unspecified atom stereocenters. The molecule has 0 heterocycles. The Bertz CT molecular complexity index is 570. The summed E-state index contributed by atoms with van der Waals surface area (Å²) in [7, 11) is 1.50. The van der Waals surface area contributed by atoms with Gasteiger partial charge in [-0.3, -0.25) is 0 Å². The first-order valence-electron chi connectivity index (χ1n) is 7.73. The molecule has 6 heteroatoms. The standard InChI is InChI=1S/C16H26N2O3S/c1-18(2)22(19,20)14-10-8-13(9-11-14)12-17-15-6-4-5-7-16(15)21-3/h8-11,15-17H,4-7,12H2,1-3H3. The Labute approximate surface area is 133 Å². The van der Waals surface area contributed by atoms with Gasteiger partial charge in [-0.15, -0.1) is 0 Å². The van der Waals surface area contributed by atoms with Crippen molar-refractivity contribution in [1.82, 2.24) is 9.62 Å². The van der Waals surface area contributed by atoms with Gasteiger partial charge in [0.05, 0.1) is 11.0 Å². The summed E-state index contributed by atoms with van der Waals surface area (Å²) < 4.78 is 30.8. The van der Waals surface area contributed by atoms with Gasteiger partial charge in [-0.05, 0) is 30.5 Å². The third kappa shape index (κ3) is 4.07. The average Bonchev–Trinajstić information content (AvgIpc) is 2.53. The van der Waals surface area contributed by atoms with Crippen molar-refractivity contribution in [3.63, 3.8) is 0 Å². The molecule has 0 amide bonds. The zero-order valence-corrected chi connectivity index (χ0v) is 14.4. The summed E-state index contributed by atoms with van der Waals surface area (Å²) in [5.74, 6) is 0. The molecule has 0 spiro atoms. The molecule has 0 aromatic heterocycles. The summed E-state index contributed by atoms with van der Waals surface area (Å²) in [5.41, 5.74) is 1.08. The molecular formula is C16H26N2O3S. The lowest BCUT2D eigenvalue weighted by Crippen LogP contribution is -2.42. The van der Waals surface area contributed by atoms with Gasteiger partial charge >= 0.3 is 0 Å². The monoisotopic (exact) mass is 326 g/mol. The van der Waals surface area contributed by atoms with Crippen molar-refractivity contribution in [2.75, 3.05) is 21.2 Å². The van der Waals surface area contributed by atoms with Gasteiger partial charge in [0.2, 0.25) is 10.0 Å². The Morgan fingerprint density at radius 2 is 1.82 bits per heavy atom. The van der Waals surface area contributed by atoms with Crippen LogP contribution in [-0.2, 0) is 21.3 Å². The lowest BCUT2D eigenvalue weighted by molar-refractivity contribution is 0.0413. The Hall–Kier alpha value is -0.950. The first-order valence-corrected chi connectivity index (χ1v) is 9.17. The van der Waals surface area contributed by atoms with E-state index in [0.29, 0.717) is 10.9 Å². The van der Waals surface area contributed by atoms with E-state index in [1.165, 1.54) is 17.1 Å². The summed E-state index contributed by atoms with van der Waals surface area (Å²) in [5, 5.41) is 3.53. The van der Waals surface area contributed by atoms with E-state index in [0.717, 1.165) is 24.9 Å². The average molecular weight is 326 g/mol. The van der Waals surface area contributed by atoms with Crippen LogP contribution in [-0.4, -0.2) is 46.1 Å². The van der Waals surface area contributed by atoms with Crippen LogP contribution in [0.2, 0.25) is 0 Å². The van der Waals surface area contributed by atoms with Gasteiger partial charge in [0.1, 0.15) is 0 Å². The van der Waals surface area contributed by atoms with Crippen LogP contribution in [0.4, 0.5) is 0 Å². The van der Waals surface area contributed by atoms with Gasteiger partial charge in [0.25, 0.3) is 0 Å². The predicted octanol–water partition coefficient (Wildman–Crippen LogP) is 1.98. The molecule has 1 aromatic carbocycles. The van der Waals surface area contributed by atoms with E-state index in [9.17, 15) is 8.42 Å². The highest BCUT2D eigenvalue weighted by Gasteiger charge is 2.24.